The Bertz CT molecular complexity index is 909. The maximum Gasteiger partial charge on any atom is 0.330 e. The van der Waals surface area contributed by atoms with Gasteiger partial charge < -0.3 is 9.47 Å². The summed E-state index contributed by atoms with van der Waals surface area (Å²) in [6.45, 7) is 2.30. The predicted octanol–water partition coefficient (Wildman–Crippen LogP) is 2.59. The van der Waals surface area contributed by atoms with Crippen LogP contribution >= 0.6 is 0 Å². The van der Waals surface area contributed by atoms with E-state index in [9.17, 15) is 9.59 Å². The molecule has 3 aliphatic heterocycles. The first kappa shape index (κ1) is 15.6. The zero-order chi connectivity index (χ0) is 17.9. The monoisotopic (exact) mass is 349 g/mol. The summed E-state index contributed by atoms with van der Waals surface area (Å²) in [6, 6.07) is 15.1. The molecule has 2 aromatic rings. The van der Waals surface area contributed by atoms with E-state index in [1.165, 1.54) is 0 Å². The Morgan fingerprint density at radius 3 is 2.65 bits per heavy atom. The maximum atomic E-state index is 13.4. The highest BCUT2D eigenvalue weighted by molar-refractivity contribution is 6.04. The van der Waals surface area contributed by atoms with Crippen LogP contribution in [-0.2, 0) is 9.53 Å². The van der Waals surface area contributed by atoms with Crippen molar-refractivity contribution in [1.82, 2.24) is 5.32 Å². The van der Waals surface area contributed by atoms with Crippen LogP contribution in [0.3, 0.4) is 0 Å². The van der Waals surface area contributed by atoms with Crippen molar-refractivity contribution >= 4 is 11.8 Å². The molecule has 0 amide bonds. The lowest BCUT2D eigenvalue weighted by molar-refractivity contribution is -0.145. The second-order valence-corrected chi connectivity index (χ2v) is 7.32. The molecule has 4 atom stereocenters. The highest BCUT2D eigenvalue weighted by Gasteiger charge is 2.65. The highest BCUT2D eigenvalue weighted by Crippen LogP contribution is 2.49. The second-order valence-electron chi connectivity index (χ2n) is 7.32. The molecule has 2 saturated heterocycles. The Hall–Kier alpha value is -2.66. The number of Topliss-reactive ketones (excluding diaryl/α,β-unsaturated/α-hetero) is 1. The molecule has 0 aromatic heterocycles. The third kappa shape index (κ3) is 2.01. The van der Waals surface area contributed by atoms with Crippen molar-refractivity contribution < 1.29 is 19.1 Å². The molecule has 2 aromatic carbocycles. The molecule has 132 valence electrons. The standard InChI is InChI=1S/C21H19NO4/c1-12-7-8-15-14(11-12)18(23)16-17(13-5-3-2-4-6-13)22-21(19(16)26-15)9-10-25-20(21)24/h2-8,11,16-17,19,22H,9-10H2,1H3/t16-,17+,19+,21+/m1/s1. The summed E-state index contributed by atoms with van der Waals surface area (Å²) in [5.74, 6) is -0.207. The quantitative estimate of drug-likeness (QED) is 0.802. The summed E-state index contributed by atoms with van der Waals surface area (Å²) in [7, 11) is 0. The van der Waals surface area contributed by atoms with E-state index in [1.807, 2.05) is 55.5 Å². The molecule has 5 heteroatoms. The van der Waals surface area contributed by atoms with Crippen molar-refractivity contribution in [1.29, 1.82) is 0 Å². The summed E-state index contributed by atoms with van der Waals surface area (Å²) in [5, 5.41) is 3.43. The van der Waals surface area contributed by atoms with Crippen LogP contribution in [0.4, 0.5) is 0 Å². The van der Waals surface area contributed by atoms with Crippen LogP contribution < -0.4 is 10.1 Å². The number of ether oxygens (including phenoxy) is 2. The van der Waals surface area contributed by atoms with Crippen LogP contribution in [0.15, 0.2) is 48.5 Å². The summed E-state index contributed by atoms with van der Waals surface area (Å²) in [6.07, 6.45) is -0.0597. The van der Waals surface area contributed by atoms with Crippen LogP contribution in [0.5, 0.6) is 5.75 Å². The number of rotatable bonds is 1. The van der Waals surface area contributed by atoms with Gasteiger partial charge in [0.2, 0.25) is 0 Å². The average molecular weight is 349 g/mol. The van der Waals surface area contributed by atoms with Crippen molar-refractivity contribution in [2.75, 3.05) is 6.61 Å². The summed E-state index contributed by atoms with van der Waals surface area (Å²) < 4.78 is 11.5. The number of ketones is 1. The van der Waals surface area contributed by atoms with Gasteiger partial charge in [0.05, 0.1) is 18.1 Å². The van der Waals surface area contributed by atoms with E-state index < -0.39 is 17.6 Å². The molecule has 3 heterocycles. The third-order valence-electron chi connectivity index (χ3n) is 5.79. The van der Waals surface area contributed by atoms with E-state index in [0.29, 0.717) is 24.3 Å². The Morgan fingerprint density at radius 2 is 1.92 bits per heavy atom. The van der Waals surface area contributed by atoms with Crippen molar-refractivity contribution in [3.63, 3.8) is 0 Å². The maximum absolute atomic E-state index is 13.4. The molecule has 0 aliphatic carbocycles. The number of cyclic esters (lactones) is 1. The molecule has 26 heavy (non-hydrogen) atoms. The van der Waals surface area contributed by atoms with Gasteiger partial charge >= 0.3 is 5.97 Å². The largest absolute Gasteiger partial charge is 0.486 e. The molecular formula is C21H19NO4. The minimum atomic E-state index is -0.969. The van der Waals surface area contributed by atoms with Crippen LogP contribution in [0.1, 0.15) is 33.9 Å². The van der Waals surface area contributed by atoms with E-state index >= 15 is 0 Å². The van der Waals surface area contributed by atoms with E-state index in [-0.39, 0.29) is 17.8 Å². The van der Waals surface area contributed by atoms with Gasteiger partial charge in [0.25, 0.3) is 0 Å². The average Bonchev–Trinajstić information content (AvgIpc) is 3.19. The van der Waals surface area contributed by atoms with E-state index in [1.54, 1.807) is 0 Å². The van der Waals surface area contributed by atoms with Crippen LogP contribution in [0, 0.1) is 12.8 Å². The second kappa shape index (κ2) is 5.42. The van der Waals surface area contributed by atoms with Crippen LogP contribution in [-0.4, -0.2) is 30.0 Å². The number of fused-ring (bicyclic) bond motifs is 3. The van der Waals surface area contributed by atoms with Crippen LogP contribution in [0.25, 0.3) is 0 Å². The molecule has 5 rings (SSSR count). The van der Waals surface area contributed by atoms with Gasteiger partial charge in [0.15, 0.2) is 11.3 Å². The minimum absolute atomic E-state index is 0.0258. The highest BCUT2D eigenvalue weighted by atomic mass is 16.6. The van der Waals surface area contributed by atoms with Crippen LogP contribution in [0.2, 0.25) is 0 Å². The van der Waals surface area contributed by atoms with Gasteiger partial charge in [0.1, 0.15) is 11.9 Å². The van der Waals surface area contributed by atoms with Crippen molar-refractivity contribution in [2.24, 2.45) is 5.92 Å². The summed E-state index contributed by atoms with van der Waals surface area (Å²) in [5.41, 5.74) is 1.62. The molecule has 0 unspecified atom stereocenters. The smallest absolute Gasteiger partial charge is 0.330 e. The van der Waals surface area contributed by atoms with E-state index in [0.717, 1.165) is 11.1 Å². The van der Waals surface area contributed by atoms with Gasteiger partial charge in [-0.25, -0.2) is 4.79 Å². The molecule has 3 aliphatic rings. The van der Waals surface area contributed by atoms with E-state index in [2.05, 4.69) is 5.32 Å². The Balaban J connectivity index is 1.67. The Kier molecular flexibility index (Phi) is 3.25. The molecule has 0 radical (unpaired) electrons. The first-order chi connectivity index (χ1) is 12.6. The van der Waals surface area contributed by atoms with Crippen molar-refractivity contribution in [2.45, 2.75) is 31.0 Å². The summed E-state index contributed by atoms with van der Waals surface area (Å²) in [4.78, 5) is 26.0. The normalized spacial score (nSPS) is 32.1. The fourth-order valence-electron chi connectivity index (χ4n) is 4.53. The Labute approximate surface area is 151 Å². The van der Waals surface area contributed by atoms with Crippen molar-refractivity contribution in [3.8, 4) is 5.75 Å². The van der Waals surface area contributed by atoms with Gasteiger partial charge in [0, 0.05) is 12.5 Å². The molecule has 1 spiro atoms. The van der Waals surface area contributed by atoms with Gasteiger partial charge in [-0.05, 0) is 24.6 Å². The molecule has 0 bridgehead atoms. The summed E-state index contributed by atoms with van der Waals surface area (Å²) >= 11 is 0. The SMILES string of the molecule is Cc1ccc2c(c1)C(=O)[C@H]1[C@H](c3ccccc3)N[C@@]3(CCOC3=O)[C@H]1O2. The first-order valence-electron chi connectivity index (χ1n) is 8.91. The third-order valence-corrected chi connectivity index (χ3v) is 5.79. The molecule has 2 fully saturated rings. The number of hydrogen-bond donors (Lipinski definition) is 1. The van der Waals surface area contributed by atoms with Crippen molar-refractivity contribution in [3.05, 3.63) is 65.2 Å². The number of carbonyl (C=O) groups excluding carboxylic acids is 2. The number of nitrogens with one attached hydrogen (secondary N) is 1. The number of aryl methyl sites for hydroxylation is 1. The van der Waals surface area contributed by atoms with Gasteiger partial charge in [-0.15, -0.1) is 0 Å². The van der Waals surface area contributed by atoms with Gasteiger partial charge in [-0.1, -0.05) is 42.0 Å². The first-order valence-corrected chi connectivity index (χ1v) is 8.91. The Morgan fingerprint density at radius 1 is 1.12 bits per heavy atom. The molecule has 1 N–H and O–H groups in total. The molecule has 5 nitrogen and oxygen atoms in total. The topological polar surface area (TPSA) is 64.6 Å². The number of hydrogen-bond acceptors (Lipinski definition) is 5. The van der Waals surface area contributed by atoms with E-state index in [4.69, 9.17) is 9.47 Å². The fourth-order valence-corrected chi connectivity index (χ4v) is 4.53. The number of esters is 1. The fraction of sp³-hybridized carbons (Fsp3) is 0.333. The van der Waals surface area contributed by atoms with Gasteiger partial charge in [-0.3, -0.25) is 10.1 Å². The van der Waals surface area contributed by atoms with Gasteiger partial charge in [-0.2, -0.15) is 0 Å². The zero-order valence-electron chi connectivity index (χ0n) is 14.4. The number of carbonyl (C=O) groups is 2. The lowest BCUT2D eigenvalue weighted by Crippen LogP contribution is -2.56. The molecule has 0 saturated carbocycles. The predicted molar refractivity (Wildman–Crippen MR) is 94.0 cm³/mol. The zero-order valence-corrected chi connectivity index (χ0v) is 14.4. The lowest BCUT2D eigenvalue weighted by atomic mass is 9.78. The minimum Gasteiger partial charge on any atom is -0.486 e. The lowest BCUT2D eigenvalue weighted by Gasteiger charge is -2.34. The number of benzene rings is 2. The molecular weight excluding hydrogens is 330 g/mol.